The van der Waals surface area contributed by atoms with Crippen molar-refractivity contribution >= 4 is 17.5 Å². The molecule has 176 valence electrons. The lowest BCUT2D eigenvalue weighted by Gasteiger charge is -2.28. The molecule has 1 aromatic heterocycles. The van der Waals surface area contributed by atoms with Crippen LogP contribution in [0.3, 0.4) is 0 Å². The minimum Gasteiger partial charge on any atom is -0.497 e. The molecule has 2 heterocycles. The van der Waals surface area contributed by atoms with E-state index in [1.807, 2.05) is 85.8 Å². The molecule has 1 amide bonds. The Morgan fingerprint density at radius 3 is 2.51 bits per heavy atom. The van der Waals surface area contributed by atoms with Gasteiger partial charge in [0.25, 0.3) is 5.91 Å². The maximum absolute atomic E-state index is 13.6. The average molecular weight is 468 g/mol. The highest BCUT2D eigenvalue weighted by Gasteiger charge is 2.35. The number of amides is 1. The SMILES string of the molecule is COc1cccc(C2C(C(=O)Nc3ccccc3)=C(C)Nc3nc(-c4ccccc4OC)nn32)c1. The van der Waals surface area contributed by atoms with Crippen molar-refractivity contribution in [3.8, 4) is 22.9 Å². The number of hydrogen-bond acceptors (Lipinski definition) is 6. The van der Waals surface area contributed by atoms with E-state index in [9.17, 15) is 4.79 Å². The highest BCUT2D eigenvalue weighted by atomic mass is 16.5. The molecule has 0 aliphatic carbocycles. The maximum Gasteiger partial charge on any atom is 0.255 e. The number of carbonyl (C=O) groups excluding carboxylic acids is 1. The maximum atomic E-state index is 13.6. The summed E-state index contributed by atoms with van der Waals surface area (Å²) < 4.78 is 12.7. The van der Waals surface area contributed by atoms with Crippen LogP contribution in [-0.4, -0.2) is 34.9 Å². The highest BCUT2D eigenvalue weighted by molar-refractivity contribution is 6.06. The van der Waals surface area contributed by atoms with Gasteiger partial charge in [-0.25, -0.2) is 4.68 Å². The number of ether oxygens (including phenoxy) is 2. The van der Waals surface area contributed by atoms with Gasteiger partial charge in [0.15, 0.2) is 5.82 Å². The van der Waals surface area contributed by atoms with Gasteiger partial charge in [0.2, 0.25) is 5.95 Å². The number of methoxy groups -OCH3 is 2. The second kappa shape index (κ2) is 9.34. The lowest BCUT2D eigenvalue weighted by molar-refractivity contribution is -0.113. The topological polar surface area (TPSA) is 90.3 Å². The minimum absolute atomic E-state index is 0.228. The number of nitrogens with zero attached hydrogens (tertiary/aromatic N) is 3. The Hall–Kier alpha value is -4.59. The van der Waals surface area contributed by atoms with Crippen molar-refractivity contribution in [1.29, 1.82) is 0 Å². The molecule has 0 spiro atoms. The van der Waals surface area contributed by atoms with E-state index in [0.717, 1.165) is 11.1 Å². The van der Waals surface area contributed by atoms with Crippen molar-refractivity contribution in [2.24, 2.45) is 0 Å². The molecule has 8 nitrogen and oxygen atoms in total. The van der Waals surface area contributed by atoms with Gasteiger partial charge in [0.1, 0.15) is 17.5 Å². The fraction of sp³-hybridized carbons (Fsp3) is 0.148. The predicted molar refractivity (Wildman–Crippen MR) is 135 cm³/mol. The number of aromatic nitrogens is 3. The zero-order valence-corrected chi connectivity index (χ0v) is 19.6. The zero-order chi connectivity index (χ0) is 24.4. The molecule has 0 bridgehead atoms. The lowest BCUT2D eigenvalue weighted by Crippen LogP contribution is -2.31. The van der Waals surface area contributed by atoms with E-state index in [4.69, 9.17) is 19.6 Å². The Labute approximate surface area is 203 Å². The number of benzene rings is 3. The molecule has 8 heteroatoms. The Kier molecular flexibility index (Phi) is 5.93. The van der Waals surface area contributed by atoms with Gasteiger partial charge in [-0.05, 0) is 48.9 Å². The van der Waals surface area contributed by atoms with E-state index in [0.29, 0.717) is 40.2 Å². The summed E-state index contributed by atoms with van der Waals surface area (Å²) in [7, 11) is 3.23. The summed E-state index contributed by atoms with van der Waals surface area (Å²) in [5, 5.41) is 11.1. The molecule has 5 rings (SSSR count). The van der Waals surface area contributed by atoms with Gasteiger partial charge >= 0.3 is 0 Å². The van der Waals surface area contributed by atoms with Crippen LogP contribution in [-0.2, 0) is 4.79 Å². The van der Waals surface area contributed by atoms with Crippen LogP contribution in [0.5, 0.6) is 11.5 Å². The first-order valence-electron chi connectivity index (χ1n) is 11.2. The molecule has 3 aromatic carbocycles. The third kappa shape index (κ3) is 4.21. The van der Waals surface area contributed by atoms with Crippen molar-refractivity contribution < 1.29 is 14.3 Å². The second-order valence-corrected chi connectivity index (χ2v) is 8.07. The predicted octanol–water partition coefficient (Wildman–Crippen LogP) is 4.89. The van der Waals surface area contributed by atoms with Crippen molar-refractivity contribution in [1.82, 2.24) is 14.8 Å². The number of fused-ring (bicyclic) bond motifs is 1. The van der Waals surface area contributed by atoms with E-state index in [2.05, 4.69) is 10.6 Å². The summed E-state index contributed by atoms with van der Waals surface area (Å²) in [5.41, 5.74) is 3.54. The van der Waals surface area contributed by atoms with E-state index < -0.39 is 6.04 Å². The molecule has 1 unspecified atom stereocenters. The lowest BCUT2D eigenvalue weighted by atomic mass is 9.95. The van der Waals surface area contributed by atoms with Crippen LogP contribution in [0.2, 0.25) is 0 Å². The monoisotopic (exact) mass is 467 g/mol. The van der Waals surface area contributed by atoms with Crippen LogP contribution in [0.15, 0.2) is 90.1 Å². The van der Waals surface area contributed by atoms with Gasteiger partial charge in [-0.3, -0.25) is 4.79 Å². The van der Waals surface area contributed by atoms with Crippen molar-refractivity contribution in [3.63, 3.8) is 0 Å². The summed E-state index contributed by atoms with van der Waals surface area (Å²) in [6, 6.07) is 24.1. The molecule has 1 aliphatic heterocycles. The van der Waals surface area contributed by atoms with Crippen LogP contribution in [0.1, 0.15) is 18.5 Å². The zero-order valence-electron chi connectivity index (χ0n) is 19.6. The first-order chi connectivity index (χ1) is 17.1. The largest absolute Gasteiger partial charge is 0.497 e. The van der Waals surface area contributed by atoms with Gasteiger partial charge < -0.3 is 20.1 Å². The van der Waals surface area contributed by atoms with Crippen molar-refractivity contribution in [2.75, 3.05) is 24.9 Å². The van der Waals surface area contributed by atoms with Gasteiger partial charge in [-0.15, -0.1) is 5.10 Å². The van der Waals surface area contributed by atoms with Crippen LogP contribution in [0.4, 0.5) is 11.6 Å². The molecular formula is C27H25N5O3. The summed E-state index contributed by atoms with van der Waals surface area (Å²) >= 11 is 0. The molecule has 35 heavy (non-hydrogen) atoms. The number of hydrogen-bond donors (Lipinski definition) is 2. The molecule has 0 fully saturated rings. The first kappa shape index (κ1) is 22.2. The normalized spacial score (nSPS) is 14.7. The van der Waals surface area contributed by atoms with Gasteiger partial charge in [-0.2, -0.15) is 4.98 Å². The highest BCUT2D eigenvalue weighted by Crippen LogP contribution is 2.38. The summed E-state index contributed by atoms with van der Waals surface area (Å²) in [6.07, 6.45) is 0. The Bertz CT molecular complexity index is 1410. The molecule has 0 radical (unpaired) electrons. The average Bonchev–Trinajstić information content (AvgIpc) is 3.31. The number of nitrogens with one attached hydrogen (secondary N) is 2. The van der Waals surface area contributed by atoms with Gasteiger partial charge in [-0.1, -0.05) is 42.5 Å². The van der Waals surface area contributed by atoms with E-state index in [1.54, 1.807) is 18.9 Å². The quantitative estimate of drug-likeness (QED) is 0.420. The second-order valence-electron chi connectivity index (χ2n) is 8.07. The Morgan fingerprint density at radius 2 is 1.74 bits per heavy atom. The third-order valence-corrected chi connectivity index (χ3v) is 5.89. The van der Waals surface area contributed by atoms with Crippen molar-refractivity contribution in [2.45, 2.75) is 13.0 Å². The van der Waals surface area contributed by atoms with Crippen molar-refractivity contribution in [3.05, 3.63) is 95.7 Å². The van der Waals surface area contributed by atoms with Gasteiger partial charge in [0.05, 0.1) is 25.4 Å². The summed E-state index contributed by atoms with van der Waals surface area (Å²) in [6.45, 7) is 1.87. The fourth-order valence-corrected chi connectivity index (χ4v) is 4.23. The standard InChI is InChI=1S/C27H25N5O3/c1-17-23(26(33)29-19-11-5-4-6-12-19)24(18-10-9-13-20(16-18)34-2)32-27(28-17)30-25(31-32)21-14-7-8-15-22(21)35-3/h4-16,24H,1-3H3,(H,29,33)(H,28,30,31). The molecule has 1 atom stereocenters. The fourth-order valence-electron chi connectivity index (χ4n) is 4.23. The van der Waals surface area contributed by atoms with Crippen LogP contribution in [0.25, 0.3) is 11.4 Å². The van der Waals surface area contributed by atoms with Crippen LogP contribution in [0, 0.1) is 0 Å². The molecule has 0 saturated carbocycles. The number of allylic oxidation sites excluding steroid dienone is 1. The molecule has 2 N–H and O–H groups in total. The van der Waals surface area contributed by atoms with Crippen LogP contribution < -0.4 is 20.1 Å². The smallest absolute Gasteiger partial charge is 0.255 e. The summed E-state index contributed by atoms with van der Waals surface area (Å²) in [4.78, 5) is 18.3. The molecule has 1 aliphatic rings. The Morgan fingerprint density at radius 1 is 0.971 bits per heavy atom. The number of carbonyl (C=O) groups is 1. The number of para-hydroxylation sites is 2. The molecule has 4 aromatic rings. The Balaban J connectivity index is 1.63. The molecule has 0 saturated heterocycles. The number of rotatable bonds is 6. The van der Waals surface area contributed by atoms with E-state index >= 15 is 0 Å². The molecular weight excluding hydrogens is 442 g/mol. The first-order valence-corrected chi connectivity index (χ1v) is 11.2. The van der Waals surface area contributed by atoms with E-state index in [-0.39, 0.29) is 5.91 Å². The summed E-state index contributed by atoms with van der Waals surface area (Å²) in [5.74, 6) is 2.16. The van der Waals surface area contributed by atoms with Gasteiger partial charge in [0, 0.05) is 11.4 Å². The minimum atomic E-state index is -0.527. The van der Waals surface area contributed by atoms with Crippen LogP contribution >= 0.6 is 0 Å². The van der Waals surface area contributed by atoms with E-state index in [1.165, 1.54) is 0 Å². The third-order valence-electron chi connectivity index (χ3n) is 5.89. The number of anilines is 2.